The minimum atomic E-state index is 0.0842. The summed E-state index contributed by atoms with van der Waals surface area (Å²) in [7, 11) is 5.23. The lowest BCUT2D eigenvalue weighted by atomic mass is 10.1. The maximum absolute atomic E-state index is 11.6. The zero-order valence-corrected chi connectivity index (χ0v) is 10.9. The number of nitrogens with one attached hydrogen (secondary N) is 1. The molecule has 1 rings (SSSR count). The van der Waals surface area contributed by atoms with E-state index in [1.165, 1.54) is 0 Å². The Morgan fingerprint density at radius 1 is 1.47 bits per heavy atom. The lowest BCUT2D eigenvalue weighted by Gasteiger charge is -2.17. The van der Waals surface area contributed by atoms with Crippen LogP contribution < -0.4 is 10.1 Å². The molecule has 1 aromatic rings. The van der Waals surface area contributed by atoms with Crippen LogP contribution in [0.2, 0.25) is 0 Å². The predicted molar refractivity (Wildman–Crippen MR) is 68.1 cm³/mol. The number of likely N-dealkylation sites (N-methyl/N-ethyl adjacent to an activating group) is 2. The van der Waals surface area contributed by atoms with Crippen LogP contribution in [0.15, 0.2) is 18.2 Å². The number of nitrogens with zero attached hydrogens (tertiary/aromatic N) is 1. The third-order valence-electron chi connectivity index (χ3n) is 2.63. The summed E-state index contributed by atoms with van der Waals surface area (Å²) in [6, 6.07) is 5.96. The van der Waals surface area contributed by atoms with Gasteiger partial charge in [-0.05, 0) is 31.2 Å². The van der Waals surface area contributed by atoms with Crippen molar-refractivity contribution in [1.29, 1.82) is 0 Å². The number of hydrogen-bond donors (Lipinski definition) is 1. The van der Waals surface area contributed by atoms with Crippen LogP contribution in [-0.4, -0.2) is 38.6 Å². The van der Waals surface area contributed by atoms with Gasteiger partial charge >= 0.3 is 0 Å². The Hall–Kier alpha value is -1.55. The van der Waals surface area contributed by atoms with E-state index in [0.717, 1.165) is 16.9 Å². The smallest absolute Gasteiger partial charge is 0.236 e. The molecule has 4 nitrogen and oxygen atoms in total. The first-order valence-corrected chi connectivity index (χ1v) is 5.60. The average molecular weight is 236 g/mol. The Morgan fingerprint density at radius 3 is 2.71 bits per heavy atom. The zero-order valence-electron chi connectivity index (χ0n) is 10.9. The van der Waals surface area contributed by atoms with Crippen LogP contribution in [0.25, 0.3) is 0 Å². The van der Waals surface area contributed by atoms with E-state index in [1.54, 1.807) is 26.1 Å². The van der Waals surface area contributed by atoms with Crippen molar-refractivity contribution in [3.8, 4) is 5.75 Å². The molecule has 0 heterocycles. The van der Waals surface area contributed by atoms with E-state index < -0.39 is 0 Å². The van der Waals surface area contributed by atoms with Crippen LogP contribution in [0.1, 0.15) is 11.1 Å². The average Bonchev–Trinajstić information content (AvgIpc) is 2.29. The van der Waals surface area contributed by atoms with Crippen molar-refractivity contribution in [3.63, 3.8) is 0 Å². The summed E-state index contributed by atoms with van der Waals surface area (Å²) in [5, 5.41) is 2.85. The summed E-state index contributed by atoms with van der Waals surface area (Å²) in [5.74, 6) is 0.957. The predicted octanol–water partition coefficient (Wildman–Crippen LogP) is 1.18. The number of carbonyl (C=O) groups excluding carboxylic acids is 1. The molecular formula is C13H20N2O2. The standard InChI is InChI=1S/C13H20N2O2/c1-10-7-11(5-6-12(10)17-4)9-15(3)13(16)8-14-2/h5-7,14H,8-9H2,1-4H3. The number of hydrogen-bond acceptors (Lipinski definition) is 3. The molecule has 0 aliphatic rings. The Labute approximate surface area is 103 Å². The minimum absolute atomic E-state index is 0.0842. The molecule has 0 spiro atoms. The lowest BCUT2D eigenvalue weighted by Crippen LogP contribution is -2.33. The van der Waals surface area contributed by atoms with Gasteiger partial charge in [-0.25, -0.2) is 0 Å². The van der Waals surface area contributed by atoms with E-state index in [9.17, 15) is 4.79 Å². The van der Waals surface area contributed by atoms with Crippen LogP contribution in [-0.2, 0) is 11.3 Å². The zero-order chi connectivity index (χ0) is 12.8. The number of carbonyl (C=O) groups is 1. The first-order valence-electron chi connectivity index (χ1n) is 5.60. The quantitative estimate of drug-likeness (QED) is 0.834. The normalized spacial score (nSPS) is 10.1. The first-order chi connectivity index (χ1) is 8.08. The monoisotopic (exact) mass is 236 g/mol. The number of aryl methyl sites for hydroxylation is 1. The molecule has 17 heavy (non-hydrogen) atoms. The number of rotatable bonds is 5. The Morgan fingerprint density at radius 2 is 2.18 bits per heavy atom. The summed E-state index contributed by atoms with van der Waals surface area (Å²) in [4.78, 5) is 13.3. The van der Waals surface area contributed by atoms with Gasteiger partial charge in [-0.3, -0.25) is 4.79 Å². The van der Waals surface area contributed by atoms with Crippen molar-refractivity contribution in [2.45, 2.75) is 13.5 Å². The second kappa shape index (κ2) is 6.25. The SMILES string of the molecule is CNCC(=O)N(C)Cc1ccc(OC)c(C)c1. The Balaban J connectivity index is 2.68. The number of methoxy groups -OCH3 is 1. The summed E-state index contributed by atoms with van der Waals surface area (Å²) in [6.45, 7) is 2.98. The van der Waals surface area contributed by atoms with Crippen molar-refractivity contribution in [1.82, 2.24) is 10.2 Å². The van der Waals surface area contributed by atoms with E-state index in [1.807, 2.05) is 25.1 Å². The van der Waals surface area contributed by atoms with Crippen molar-refractivity contribution in [2.75, 3.05) is 27.7 Å². The highest BCUT2D eigenvalue weighted by Crippen LogP contribution is 2.19. The topological polar surface area (TPSA) is 41.6 Å². The molecule has 0 radical (unpaired) electrons. The van der Waals surface area contributed by atoms with E-state index in [-0.39, 0.29) is 5.91 Å². The fraction of sp³-hybridized carbons (Fsp3) is 0.462. The highest BCUT2D eigenvalue weighted by atomic mass is 16.5. The fourth-order valence-electron chi connectivity index (χ4n) is 1.69. The summed E-state index contributed by atoms with van der Waals surface area (Å²) in [6.07, 6.45) is 0. The molecule has 1 amide bonds. The third kappa shape index (κ3) is 3.75. The van der Waals surface area contributed by atoms with Gasteiger partial charge in [0.1, 0.15) is 5.75 Å². The van der Waals surface area contributed by atoms with E-state index in [4.69, 9.17) is 4.74 Å². The van der Waals surface area contributed by atoms with Gasteiger partial charge in [-0.1, -0.05) is 12.1 Å². The molecule has 0 unspecified atom stereocenters. The van der Waals surface area contributed by atoms with Gasteiger partial charge in [0.15, 0.2) is 0 Å². The van der Waals surface area contributed by atoms with Gasteiger partial charge in [0.25, 0.3) is 0 Å². The van der Waals surface area contributed by atoms with E-state index in [0.29, 0.717) is 13.1 Å². The minimum Gasteiger partial charge on any atom is -0.496 e. The maximum Gasteiger partial charge on any atom is 0.236 e. The Kier molecular flexibility index (Phi) is 4.97. The van der Waals surface area contributed by atoms with Crippen molar-refractivity contribution in [2.24, 2.45) is 0 Å². The van der Waals surface area contributed by atoms with Crippen molar-refractivity contribution < 1.29 is 9.53 Å². The van der Waals surface area contributed by atoms with Gasteiger partial charge in [0, 0.05) is 13.6 Å². The molecule has 1 N–H and O–H groups in total. The molecule has 0 bridgehead atoms. The third-order valence-corrected chi connectivity index (χ3v) is 2.63. The van der Waals surface area contributed by atoms with Crippen LogP contribution in [0, 0.1) is 6.92 Å². The van der Waals surface area contributed by atoms with Crippen molar-refractivity contribution >= 4 is 5.91 Å². The second-order valence-electron chi connectivity index (χ2n) is 4.08. The Bertz CT molecular complexity index is 391. The second-order valence-corrected chi connectivity index (χ2v) is 4.08. The molecular weight excluding hydrogens is 216 g/mol. The molecule has 0 aliphatic carbocycles. The molecule has 0 saturated carbocycles. The number of amides is 1. The highest BCUT2D eigenvalue weighted by Gasteiger charge is 2.08. The van der Waals surface area contributed by atoms with Crippen molar-refractivity contribution in [3.05, 3.63) is 29.3 Å². The molecule has 0 fully saturated rings. The molecule has 4 heteroatoms. The lowest BCUT2D eigenvalue weighted by molar-refractivity contribution is -0.129. The molecule has 0 aromatic heterocycles. The van der Waals surface area contributed by atoms with Crippen LogP contribution in [0.3, 0.4) is 0 Å². The largest absolute Gasteiger partial charge is 0.496 e. The van der Waals surface area contributed by atoms with Gasteiger partial charge in [0.2, 0.25) is 5.91 Å². The van der Waals surface area contributed by atoms with Gasteiger partial charge in [-0.2, -0.15) is 0 Å². The maximum atomic E-state index is 11.6. The van der Waals surface area contributed by atoms with Crippen LogP contribution in [0.5, 0.6) is 5.75 Å². The number of benzene rings is 1. The molecule has 0 saturated heterocycles. The fourth-order valence-corrected chi connectivity index (χ4v) is 1.69. The summed E-state index contributed by atoms with van der Waals surface area (Å²) < 4.78 is 5.20. The van der Waals surface area contributed by atoms with Gasteiger partial charge in [0.05, 0.1) is 13.7 Å². The first kappa shape index (κ1) is 13.5. The van der Waals surface area contributed by atoms with Crippen LogP contribution >= 0.6 is 0 Å². The van der Waals surface area contributed by atoms with Gasteiger partial charge in [-0.15, -0.1) is 0 Å². The van der Waals surface area contributed by atoms with Crippen LogP contribution in [0.4, 0.5) is 0 Å². The van der Waals surface area contributed by atoms with E-state index >= 15 is 0 Å². The molecule has 0 atom stereocenters. The molecule has 0 aliphatic heterocycles. The van der Waals surface area contributed by atoms with Gasteiger partial charge < -0.3 is 15.0 Å². The molecule has 94 valence electrons. The molecule has 1 aromatic carbocycles. The number of ether oxygens (including phenoxy) is 1. The van der Waals surface area contributed by atoms with E-state index in [2.05, 4.69) is 5.32 Å². The summed E-state index contributed by atoms with van der Waals surface area (Å²) >= 11 is 0. The highest BCUT2D eigenvalue weighted by molar-refractivity contribution is 5.77. The summed E-state index contributed by atoms with van der Waals surface area (Å²) in [5.41, 5.74) is 2.19.